The van der Waals surface area contributed by atoms with Gasteiger partial charge in [-0.25, -0.2) is 0 Å². The van der Waals surface area contributed by atoms with Crippen molar-refractivity contribution < 1.29 is 28.6 Å². The fraction of sp³-hybridized carbons (Fsp3) is 0.171. The monoisotopic (exact) mass is 659 g/mol. The SMILES string of the molecule is CCC(Sc1cccc(NC(=O)/C(=C\c2ccccc2OC)NC(=O)c2ccccc2)c1)C(=O)Nc1cc(Cl)c(OC)cc1OC. The minimum atomic E-state index is -0.536. The van der Waals surface area contributed by atoms with E-state index in [0.29, 0.717) is 51.2 Å². The second-order valence-corrected chi connectivity index (χ2v) is 11.5. The molecule has 4 aromatic carbocycles. The summed E-state index contributed by atoms with van der Waals surface area (Å²) in [5.74, 6) is 0.164. The molecule has 238 valence electrons. The van der Waals surface area contributed by atoms with Crippen LogP contribution in [-0.2, 0) is 9.59 Å². The van der Waals surface area contributed by atoms with Crippen molar-refractivity contribution in [1.82, 2.24) is 5.32 Å². The topological polar surface area (TPSA) is 115 Å². The first-order valence-electron chi connectivity index (χ1n) is 14.3. The predicted octanol–water partition coefficient (Wildman–Crippen LogP) is 7.28. The second-order valence-electron chi connectivity index (χ2n) is 9.79. The largest absolute Gasteiger partial charge is 0.496 e. The normalized spacial score (nSPS) is 11.6. The van der Waals surface area contributed by atoms with E-state index in [2.05, 4.69) is 16.0 Å². The van der Waals surface area contributed by atoms with Crippen molar-refractivity contribution >= 4 is 58.5 Å². The average Bonchev–Trinajstić information content (AvgIpc) is 3.07. The van der Waals surface area contributed by atoms with Crippen LogP contribution in [0.1, 0.15) is 29.3 Å². The molecule has 46 heavy (non-hydrogen) atoms. The minimum absolute atomic E-state index is 0.0225. The third-order valence-electron chi connectivity index (χ3n) is 6.73. The molecular weight excluding hydrogens is 626 g/mol. The Morgan fingerprint density at radius 3 is 2.20 bits per heavy atom. The number of anilines is 2. The predicted molar refractivity (Wildman–Crippen MR) is 183 cm³/mol. The number of halogens is 1. The van der Waals surface area contributed by atoms with Gasteiger partial charge in [-0.2, -0.15) is 0 Å². The highest BCUT2D eigenvalue weighted by Crippen LogP contribution is 2.37. The van der Waals surface area contributed by atoms with Crippen LogP contribution in [0.3, 0.4) is 0 Å². The first-order valence-corrected chi connectivity index (χ1v) is 15.5. The van der Waals surface area contributed by atoms with Gasteiger partial charge in [0.05, 0.1) is 37.3 Å². The average molecular weight is 660 g/mol. The number of carbonyl (C=O) groups excluding carboxylic acids is 3. The smallest absolute Gasteiger partial charge is 0.272 e. The van der Waals surface area contributed by atoms with E-state index < -0.39 is 17.1 Å². The summed E-state index contributed by atoms with van der Waals surface area (Å²) in [5, 5.41) is 8.37. The van der Waals surface area contributed by atoms with Crippen LogP contribution in [-0.4, -0.2) is 44.3 Å². The lowest BCUT2D eigenvalue weighted by Crippen LogP contribution is -2.30. The Labute approximate surface area is 277 Å². The quantitative estimate of drug-likeness (QED) is 0.102. The zero-order chi connectivity index (χ0) is 33.1. The number of methoxy groups -OCH3 is 3. The summed E-state index contributed by atoms with van der Waals surface area (Å²) in [7, 11) is 4.52. The zero-order valence-corrected chi connectivity index (χ0v) is 27.3. The minimum Gasteiger partial charge on any atom is -0.496 e. The van der Waals surface area contributed by atoms with E-state index >= 15 is 0 Å². The first-order chi connectivity index (χ1) is 22.3. The van der Waals surface area contributed by atoms with Gasteiger partial charge in [0.15, 0.2) is 0 Å². The Morgan fingerprint density at radius 1 is 0.804 bits per heavy atom. The number of rotatable bonds is 13. The van der Waals surface area contributed by atoms with Gasteiger partial charge < -0.3 is 30.2 Å². The van der Waals surface area contributed by atoms with Gasteiger partial charge in [-0.15, -0.1) is 11.8 Å². The van der Waals surface area contributed by atoms with Crippen LogP contribution in [0.15, 0.2) is 102 Å². The molecule has 0 radical (unpaired) electrons. The number of thioether (sulfide) groups is 1. The molecule has 0 bridgehead atoms. The molecule has 1 unspecified atom stereocenters. The number of para-hydroxylation sites is 1. The zero-order valence-electron chi connectivity index (χ0n) is 25.8. The summed E-state index contributed by atoms with van der Waals surface area (Å²) < 4.78 is 16.1. The van der Waals surface area contributed by atoms with Crippen LogP contribution in [0.25, 0.3) is 6.08 Å². The van der Waals surface area contributed by atoms with Crippen molar-refractivity contribution in [3.8, 4) is 17.2 Å². The molecule has 11 heteroatoms. The Bertz CT molecular complexity index is 1730. The van der Waals surface area contributed by atoms with E-state index in [-0.39, 0.29) is 11.6 Å². The maximum atomic E-state index is 13.6. The lowest BCUT2D eigenvalue weighted by atomic mass is 10.1. The molecule has 0 spiro atoms. The number of hydrogen-bond donors (Lipinski definition) is 3. The Morgan fingerprint density at radius 2 is 1.50 bits per heavy atom. The summed E-state index contributed by atoms with van der Waals surface area (Å²) in [6.07, 6.45) is 2.08. The Hall–Kier alpha value is -4.93. The van der Waals surface area contributed by atoms with Crippen molar-refractivity contribution in [2.24, 2.45) is 0 Å². The van der Waals surface area contributed by atoms with E-state index in [1.807, 2.05) is 25.1 Å². The summed E-state index contributed by atoms with van der Waals surface area (Å²) >= 11 is 7.62. The molecule has 3 amide bonds. The molecule has 1 atom stereocenters. The number of ether oxygens (including phenoxy) is 3. The molecule has 4 rings (SSSR count). The summed E-state index contributed by atoms with van der Waals surface area (Å²) in [6, 6.07) is 26.1. The number of carbonyl (C=O) groups is 3. The highest BCUT2D eigenvalue weighted by atomic mass is 35.5. The Balaban J connectivity index is 1.53. The fourth-order valence-electron chi connectivity index (χ4n) is 4.39. The number of nitrogens with one attached hydrogen (secondary N) is 3. The molecule has 0 fully saturated rings. The molecule has 0 aliphatic heterocycles. The third kappa shape index (κ3) is 8.83. The molecule has 9 nitrogen and oxygen atoms in total. The van der Waals surface area contributed by atoms with Crippen molar-refractivity contribution in [2.45, 2.75) is 23.5 Å². The van der Waals surface area contributed by atoms with Crippen molar-refractivity contribution in [3.05, 3.63) is 113 Å². The molecule has 0 aliphatic rings. The lowest BCUT2D eigenvalue weighted by molar-refractivity contribution is -0.116. The van der Waals surface area contributed by atoms with Crippen LogP contribution in [0.5, 0.6) is 17.2 Å². The van der Waals surface area contributed by atoms with E-state index in [1.54, 1.807) is 78.9 Å². The summed E-state index contributed by atoms with van der Waals surface area (Å²) in [6.45, 7) is 1.91. The lowest BCUT2D eigenvalue weighted by Gasteiger charge is -2.18. The Kier molecular flexibility index (Phi) is 12.1. The van der Waals surface area contributed by atoms with Gasteiger partial charge in [0.25, 0.3) is 11.8 Å². The maximum Gasteiger partial charge on any atom is 0.272 e. The molecule has 4 aromatic rings. The number of hydrogen-bond acceptors (Lipinski definition) is 7. The van der Waals surface area contributed by atoms with Gasteiger partial charge in [-0.05, 0) is 55.0 Å². The maximum absolute atomic E-state index is 13.6. The van der Waals surface area contributed by atoms with Gasteiger partial charge >= 0.3 is 0 Å². The molecule has 0 aliphatic carbocycles. The van der Waals surface area contributed by atoms with E-state index in [9.17, 15) is 14.4 Å². The molecule has 0 heterocycles. The molecule has 3 N–H and O–H groups in total. The summed E-state index contributed by atoms with van der Waals surface area (Å²) in [4.78, 5) is 40.6. The van der Waals surface area contributed by atoms with E-state index in [0.717, 1.165) is 4.90 Å². The van der Waals surface area contributed by atoms with Gasteiger partial charge in [-0.3, -0.25) is 14.4 Å². The van der Waals surface area contributed by atoms with Gasteiger partial charge in [0, 0.05) is 27.8 Å². The summed E-state index contributed by atoms with van der Waals surface area (Å²) in [5.41, 5.74) is 1.94. The van der Waals surface area contributed by atoms with Crippen LogP contribution in [0.2, 0.25) is 5.02 Å². The van der Waals surface area contributed by atoms with Crippen LogP contribution in [0.4, 0.5) is 11.4 Å². The van der Waals surface area contributed by atoms with Crippen LogP contribution >= 0.6 is 23.4 Å². The van der Waals surface area contributed by atoms with Crippen molar-refractivity contribution in [3.63, 3.8) is 0 Å². The fourth-order valence-corrected chi connectivity index (χ4v) is 5.64. The highest BCUT2D eigenvalue weighted by Gasteiger charge is 2.22. The molecule has 0 saturated heterocycles. The van der Waals surface area contributed by atoms with Crippen LogP contribution in [0, 0.1) is 0 Å². The standard InChI is InChI=1S/C35H34ClN3O6S/c1-5-32(35(42)38-27-20-26(36)30(44-3)21-31(27)45-4)46-25-16-11-15-24(19-25)37-34(41)28(18-23-14-9-10-17-29(23)43-2)39-33(40)22-12-7-6-8-13-22/h6-21,32H,5H2,1-4H3,(H,37,41)(H,38,42)(H,39,40)/b28-18+. The number of benzene rings is 4. The highest BCUT2D eigenvalue weighted by molar-refractivity contribution is 8.00. The second kappa shape index (κ2) is 16.4. The van der Waals surface area contributed by atoms with E-state index in [4.69, 9.17) is 25.8 Å². The first kappa shape index (κ1) is 34.0. The molecule has 0 aromatic heterocycles. The van der Waals surface area contributed by atoms with Gasteiger partial charge in [-0.1, -0.05) is 61.0 Å². The number of amides is 3. The molecular formula is C35H34ClN3O6S. The van der Waals surface area contributed by atoms with E-state index in [1.165, 1.54) is 33.1 Å². The van der Waals surface area contributed by atoms with Gasteiger partial charge in [0.2, 0.25) is 5.91 Å². The third-order valence-corrected chi connectivity index (χ3v) is 8.39. The van der Waals surface area contributed by atoms with Crippen LogP contribution < -0.4 is 30.2 Å². The molecule has 0 saturated carbocycles. The van der Waals surface area contributed by atoms with Crippen molar-refractivity contribution in [1.29, 1.82) is 0 Å². The van der Waals surface area contributed by atoms with Crippen molar-refractivity contribution in [2.75, 3.05) is 32.0 Å². The van der Waals surface area contributed by atoms with Gasteiger partial charge in [0.1, 0.15) is 22.9 Å².